The van der Waals surface area contributed by atoms with Crippen LogP contribution in [0.3, 0.4) is 0 Å². The molecule has 2 amide bonds. The number of hydrogen-bond donors (Lipinski definition) is 2. The first-order chi connectivity index (χ1) is 15.6. The molecule has 1 aliphatic heterocycles. The summed E-state index contributed by atoms with van der Waals surface area (Å²) in [5.74, 6) is -0.560. The molecule has 2 N–H and O–H groups in total. The minimum atomic E-state index is -3.79. The Labute approximate surface area is 195 Å². The maximum atomic E-state index is 13.1. The van der Waals surface area contributed by atoms with Gasteiger partial charge in [0.15, 0.2) is 5.76 Å². The molecule has 3 rings (SSSR count). The highest BCUT2D eigenvalue weighted by molar-refractivity contribution is 7.89. The molecular formula is C23H32N4O5S. The smallest absolute Gasteiger partial charge is 0.251 e. The number of benzene rings is 1. The number of amides is 2. The van der Waals surface area contributed by atoms with Crippen molar-refractivity contribution in [3.05, 3.63) is 46.8 Å². The van der Waals surface area contributed by atoms with Gasteiger partial charge in [-0.15, -0.1) is 0 Å². The summed E-state index contributed by atoms with van der Waals surface area (Å²) in [6.07, 6.45) is 2.04. The molecule has 0 spiro atoms. The SMILES string of the molecule is CCC(C)NC(=O)c1cccc(CNC(=O)C2CCCN(S(=O)(=O)c3c(C)noc3C)C2)c1. The van der Waals surface area contributed by atoms with Crippen LogP contribution in [0.5, 0.6) is 0 Å². The van der Waals surface area contributed by atoms with Crippen LogP contribution in [-0.2, 0) is 21.4 Å². The number of nitrogens with one attached hydrogen (secondary N) is 2. The van der Waals surface area contributed by atoms with Crippen LogP contribution in [0.2, 0.25) is 0 Å². The zero-order chi connectivity index (χ0) is 24.2. The molecule has 2 aromatic rings. The van der Waals surface area contributed by atoms with Gasteiger partial charge in [-0.2, -0.15) is 4.31 Å². The van der Waals surface area contributed by atoms with E-state index in [1.165, 1.54) is 4.31 Å². The number of aryl methyl sites for hydroxylation is 2. The fourth-order valence-corrected chi connectivity index (χ4v) is 5.73. The second-order valence-corrected chi connectivity index (χ2v) is 10.4. The number of hydrogen-bond acceptors (Lipinski definition) is 6. The average molecular weight is 477 g/mol. The lowest BCUT2D eigenvalue weighted by molar-refractivity contribution is -0.126. The Bertz CT molecular complexity index is 1090. The van der Waals surface area contributed by atoms with Gasteiger partial charge in [0, 0.05) is 31.2 Å². The van der Waals surface area contributed by atoms with E-state index in [0.717, 1.165) is 12.0 Å². The molecule has 0 bridgehead atoms. The summed E-state index contributed by atoms with van der Waals surface area (Å²) in [5, 5.41) is 9.57. The molecule has 33 heavy (non-hydrogen) atoms. The van der Waals surface area contributed by atoms with Gasteiger partial charge in [-0.1, -0.05) is 24.2 Å². The monoisotopic (exact) mass is 476 g/mol. The fourth-order valence-electron chi connectivity index (χ4n) is 3.91. The van der Waals surface area contributed by atoms with E-state index in [0.29, 0.717) is 30.6 Å². The van der Waals surface area contributed by atoms with E-state index in [1.807, 2.05) is 19.9 Å². The van der Waals surface area contributed by atoms with Crippen LogP contribution >= 0.6 is 0 Å². The molecule has 180 valence electrons. The third-order valence-electron chi connectivity index (χ3n) is 5.97. The number of rotatable bonds is 8. The van der Waals surface area contributed by atoms with Crippen molar-refractivity contribution in [2.24, 2.45) is 5.92 Å². The Morgan fingerprint density at radius 2 is 2.06 bits per heavy atom. The summed E-state index contributed by atoms with van der Waals surface area (Å²) in [5.41, 5.74) is 1.66. The van der Waals surface area contributed by atoms with Crippen molar-refractivity contribution < 1.29 is 22.5 Å². The van der Waals surface area contributed by atoms with Gasteiger partial charge < -0.3 is 15.2 Å². The van der Waals surface area contributed by atoms with E-state index >= 15 is 0 Å². The van der Waals surface area contributed by atoms with E-state index < -0.39 is 15.9 Å². The van der Waals surface area contributed by atoms with Crippen LogP contribution in [0, 0.1) is 19.8 Å². The van der Waals surface area contributed by atoms with Gasteiger partial charge in [0.2, 0.25) is 15.9 Å². The molecular weight excluding hydrogens is 444 g/mol. The summed E-state index contributed by atoms with van der Waals surface area (Å²) >= 11 is 0. The van der Waals surface area contributed by atoms with Crippen molar-refractivity contribution in [3.63, 3.8) is 0 Å². The zero-order valence-corrected chi connectivity index (χ0v) is 20.4. The van der Waals surface area contributed by atoms with Crippen LogP contribution in [0.25, 0.3) is 0 Å². The van der Waals surface area contributed by atoms with Crippen molar-refractivity contribution in [2.75, 3.05) is 13.1 Å². The normalized spacial score (nSPS) is 18.0. The van der Waals surface area contributed by atoms with Crippen LogP contribution < -0.4 is 10.6 Å². The number of aromatic nitrogens is 1. The van der Waals surface area contributed by atoms with E-state index in [-0.39, 0.29) is 41.6 Å². The molecule has 10 heteroatoms. The summed E-state index contributed by atoms with van der Waals surface area (Å²) < 4.78 is 32.6. The van der Waals surface area contributed by atoms with Gasteiger partial charge in [0.25, 0.3) is 5.91 Å². The Balaban J connectivity index is 1.62. The maximum Gasteiger partial charge on any atom is 0.251 e. The van der Waals surface area contributed by atoms with Crippen molar-refractivity contribution in [1.29, 1.82) is 0 Å². The lowest BCUT2D eigenvalue weighted by Crippen LogP contribution is -2.45. The molecule has 2 atom stereocenters. The second kappa shape index (κ2) is 10.5. The third-order valence-corrected chi connectivity index (χ3v) is 8.08. The number of carbonyl (C=O) groups is 2. The first kappa shape index (κ1) is 24.9. The van der Waals surface area contributed by atoms with Crippen LogP contribution in [0.4, 0.5) is 0 Å². The molecule has 2 unspecified atom stereocenters. The molecule has 1 fully saturated rings. The molecule has 0 aliphatic carbocycles. The lowest BCUT2D eigenvalue weighted by atomic mass is 9.98. The largest absolute Gasteiger partial charge is 0.360 e. The number of carbonyl (C=O) groups excluding carboxylic acids is 2. The lowest BCUT2D eigenvalue weighted by Gasteiger charge is -2.31. The summed E-state index contributed by atoms with van der Waals surface area (Å²) in [4.78, 5) is 25.3. The van der Waals surface area contributed by atoms with Crippen molar-refractivity contribution in [1.82, 2.24) is 20.1 Å². The molecule has 0 radical (unpaired) electrons. The van der Waals surface area contributed by atoms with Gasteiger partial charge in [-0.3, -0.25) is 9.59 Å². The number of nitrogens with zero attached hydrogens (tertiary/aromatic N) is 2. The topological polar surface area (TPSA) is 122 Å². The predicted octanol–water partition coefficient (Wildman–Crippen LogP) is 2.54. The third kappa shape index (κ3) is 5.80. The Morgan fingerprint density at radius 1 is 1.30 bits per heavy atom. The van der Waals surface area contributed by atoms with Crippen LogP contribution in [-0.4, -0.2) is 48.8 Å². The van der Waals surface area contributed by atoms with E-state index in [9.17, 15) is 18.0 Å². The highest BCUT2D eigenvalue weighted by Gasteiger charge is 2.36. The highest BCUT2D eigenvalue weighted by atomic mass is 32.2. The average Bonchev–Trinajstić information content (AvgIpc) is 3.16. The Kier molecular flexibility index (Phi) is 7.91. The van der Waals surface area contributed by atoms with E-state index in [2.05, 4.69) is 15.8 Å². The molecule has 1 aromatic carbocycles. The van der Waals surface area contributed by atoms with Gasteiger partial charge in [-0.25, -0.2) is 8.42 Å². The van der Waals surface area contributed by atoms with Gasteiger partial charge >= 0.3 is 0 Å². The Morgan fingerprint density at radius 3 is 2.73 bits per heavy atom. The summed E-state index contributed by atoms with van der Waals surface area (Å²) in [6.45, 7) is 7.83. The standard InChI is InChI=1S/C23H32N4O5S/c1-5-15(2)25-23(29)19-9-6-8-18(12-19)13-24-22(28)20-10-7-11-27(14-20)33(30,31)21-16(3)26-32-17(21)4/h6,8-9,12,15,20H,5,7,10-11,13-14H2,1-4H3,(H,24,28)(H,25,29). The first-order valence-corrected chi connectivity index (χ1v) is 12.7. The summed E-state index contributed by atoms with van der Waals surface area (Å²) in [6, 6.07) is 7.20. The minimum absolute atomic E-state index is 0.0797. The fraction of sp³-hybridized carbons (Fsp3) is 0.522. The predicted molar refractivity (Wildman–Crippen MR) is 123 cm³/mol. The van der Waals surface area contributed by atoms with Gasteiger partial charge in [0.05, 0.1) is 5.92 Å². The molecule has 9 nitrogen and oxygen atoms in total. The van der Waals surface area contributed by atoms with Crippen molar-refractivity contribution in [2.45, 2.75) is 64.4 Å². The first-order valence-electron chi connectivity index (χ1n) is 11.2. The molecule has 2 heterocycles. The molecule has 1 aromatic heterocycles. The number of piperidine rings is 1. The van der Waals surface area contributed by atoms with E-state index in [4.69, 9.17) is 4.52 Å². The second-order valence-electron chi connectivity index (χ2n) is 8.56. The summed E-state index contributed by atoms with van der Waals surface area (Å²) in [7, 11) is -3.79. The minimum Gasteiger partial charge on any atom is -0.360 e. The molecule has 1 aliphatic rings. The van der Waals surface area contributed by atoms with Crippen molar-refractivity contribution in [3.8, 4) is 0 Å². The molecule has 0 saturated carbocycles. The number of sulfonamides is 1. The van der Waals surface area contributed by atoms with Crippen molar-refractivity contribution >= 4 is 21.8 Å². The van der Waals surface area contributed by atoms with Gasteiger partial charge in [0.1, 0.15) is 10.6 Å². The van der Waals surface area contributed by atoms with Crippen LogP contribution in [0.1, 0.15) is 60.5 Å². The van der Waals surface area contributed by atoms with Crippen LogP contribution in [0.15, 0.2) is 33.7 Å². The van der Waals surface area contributed by atoms with Gasteiger partial charge in [-0.05, 0) is 57.7 Å². The highest BCUT2D eigenvalue weighted by Crippen LogP contribution is 2.27. The zero-order valence-electron chi connectivity index (χ0n) is 19.6. The quantitative estimate of drug-likeness (QED) is 0.604. The van der Waals surface area contributed by atoms with E-state index in [1.54, 1.807) is 32.0 Å². The Hall–Kier alpha value is -2.72. The molecule has 1 saturated heterocycles. The maximum absolute atomic E-state index is 13.1.